The highest BCUT2D eigenvalue weighted by Gasteiger charge is 2.20. The Morgan fingerprint density at radius 1 is 1.35 bits per heavy atom. The number of nitrogens with one attached hydrogen (secondary N) is 2. The Labute approximate surface area is 135 Å². The van der Waals surface area contributed by atoms with Crippen LogP contribution in [0.2, 0.25) is 0 Å². The molecule has 0 radical (unpaired) electrons. The Bertz CT molecular complexity index is 670. The second-order valence-electron chi connectivity index (χ2n) is 6.01. The molecule has 1 saturated heterocycles. The summed E-state index contributed by atoms with van der Waals surface area (Å²) in [4.78, 5) is 13.7. The minimum atomic E-state index is 0.296. The van der Waals surface area contributed by atoms with Gasteiger partial charge in [-0.1, -0.05) is 0 Å². The first-order valence-electron chi connectivity index (χ1n) is 8.26. The van der Waals surface area contributed by atoms with Gasteiger partial charge in [-0.2, -0.15) is 0 Å². The van der Waals surface area contributed by atoms with Crippen LogP contribution in [0.25, 0.3) is 11.4 Å². The Kier molecular flexibility index (Phi) is 4.17. The van der Waals surface area contributed by atoms with Crippen molar-refractivity contribution in [3.05, 3.63) is 35.8 Å². The first kappa shape index (κ1) is 14.5. The summed E-state index contributed by atoms with van der Waals surface area (Å²) in [6, 6.07) is 3.91. The third kappa shape index (κ3) is 3.18. The smallest absolute Gasteiger partial charge is 0.163 e. The molecule has 6 heteroatoms. The second kappa shape index (κ2) is 6.60. The van der Waals surface area contributed by atoms with E-state index in [2.05, 4.69) is 15.6 Å². The van der Waals surface area contributed by atoms with Gasteiger partial charge in [0.1, 0.15) is 5.82 Å². The summed E-state index contributed by atoms with van der Waals surface area (Å²) in [5.74, 6) is 1.68. The maximum Gasteiger partial charge on any atom is 0.163 e. The zero-order chi connectivity index (χ0) is 15.5. The summed E-state index contributed by atoms with van der Waals surface area (Å²) in [6.45, 7) is 3.44. The van der Waals surface area contributed by atoms with Gasteiger partial charge >= 0.3 is 0 Å². The molecule has 23 heavy (non-hydrogen) atoms. The lowest BCUT2D eigenvalue weighted by Crippen LogP contribution is -2.28. The van der Waals surface area contributed by atoms with E-state index in [1.807, 2.05) is 18.3 Å². The molecule has 2 aromatic heterocycles. The topological polar surface area (TPSA) is 72.0 Å². The van der Waals surface area contributed by atoms with Crippen molar-refractivity contribution in [1.29, 1.82) is 0 Å². The monoisotopic (exact) mass is 311 g/mol. The molecule has 2 N–H and O–H groups in total. The highest BCUT2D eigenvalue weighted by Crippen LogP contribution is 2.25. The number of anilines is 1. The van der Waals surface area contributed by atoms with E-state index < -0.39 is 0 Å². The van der Waals surface area contributed by atoms with Crippen LogP contribution in [0.5, 0.6) is 0 Å². The molecule has 0 saturated carbocycles. The SMILES string of the molecule is c1cncc(-c2nc3c(c(NC[C@@H]4CCCO4)n2)CCNC3)c1. The van der Waals surface area contributed by atoms with E-state index >= 15 is 0 Å². The van der Waals surface area contributed by atoms with Gasteiger partial charge in [-0.25, -0.2) is 9.97 Å². The molecule has 0 spiro atoms. The number of fused-ring (bicyclic) bond motifs is 1. The molecule has 0 bridgehead atoms. The predicted octanol–water partition coefficient (Wildman–Crippen LogP) is 1.78. The second-order valence-corrected chi connectivity index (χ2v) is 6.01. The van der Waals surface area contributed by atoms with Crippen LogP contribution in [0.4, 0.5) is 5.82 Å². The fourth-order valence-corrected chi connectivity index (χ4v) is 3.15. The van der Waals surface area contributed by atoms with Crippen LogP contribution in [0, 0.1) is 0 Å². The minimum absolute atomic E-state index is 0.296. The molecule has 6 nitrogen and oxygen atoms in total. The third-order valence-corrected chi connectivity index (χ3v) is 4.38. The average molecular weight is 311 g/mol. The first-order valence-corrected chi connectivity index (χ1v) is 8.26. The minimum Gasteiger partial charge on any atom is -0.376 e. The van der Waals surface area contributed by atoms with Gasteiger partial charge in [-0.05, 0) is 37.9 Å². The Morgan fingerprint density at radius 2 is 2.35 bits per heavy atom. The molecule has 2 aliphatic rings. The highest BCUT2D eigenvalue weighted by molar-refractivity contribution is 5.59. The van der Waals surface area contributed by atoms with Crippen LogP contribution in [0.15, 0.2) is 24.5 Å². The van der Waals surface area contributed by atoms with Crippen molar-refractivity contribution in [2.24, 2.45) is 0 Å². The fraction of sp³-hybridized carbons (Fsp3) is 0.471. The average Bonchev–Trinajstić information content (AvgIpc) is 3.14. The number of aromatic nitrogens is 3. The fourth-order valence-electron chi connectivity index (χ4n) is 3.15. The van der Waals surface area contributed by atoms with E-state index in [1.165, 1.54) is 5.56 Å². The Morgan fingerprint density at radius 3 is 3.17 bits per heavy atom. The van der Waals surface area contributed by atoms with Crippen molar-refractivity contribution in [1.82, 2.24) is 20.3 Å². The van der Waals surface area contributed by atoms with Crippen LogP contribution < -0.4 is 10.6 Å². The van der Waals surface area contributed by atoms with Crippen molar-refractivity contribution in [3.8, 4) is 11.4 Å². The molecule has 2 aromatic rings. The molecule has 0 unspecified atom stereocenters. The van der Waals surface area contributed by atoms with Gasteiger partial charge in [0.2, 0.25) is 0 Å². The molecule has 0 amide bonds. The zero-order valence-electron chi connectivity index (χ0n) is 13.1. The summed E-state index contributed by atoms with van der Waals surface area (Å²) < 4.78 is 5.71. The van der Waals surface area contributed by atoms with Crippen molar-refractivity contribution < 1.29 is 4.74 Å². The largest absolute Gasteiger partial charge is 0.376 e. The van der Waals surface area contributed by atoms with Crippen molar-refractivity contribution in [2.75, 3.05) is 25.0 Å². The molecule has 1 fully saturated rings. The summed E-state index contributed by atoms with van der Waals surface area (Å²) in [7, 11) is 0. The number of hydrogen-bond donors (Lipinski definition) is 2. The molecule has 120 valence electrons. The molecule has 0 aromatic carbocycles. The number of nitrogens with zero attached hydrogens (tertiary/aromatic N) is 3. The predicted molar refractivity (Wildman–Crippen MR) is 88.1 cm³/mol. The molecular formula is C17H21N5O. The molecule has 2 aliphatic heterocycles. The van der Waals surface area contributed by atoms with Crippen LogP contribution in [-0.2, 0) is 17.7 Å². The summed E-state index contributed by atoms with van der Waals surface area (Å²) >= 11 is 0. The number of ether oxygens (including phenoxy) is 1. The number of rotatable bonds is 4. The van der Waals surface area contributed by atoms with Crippen molar-refractivity contribution in [3.63, 3.8) is 0 Å². The van der Waals surface area contributed by atoms with Gasteiger partial charge in [-0.15, -0.1) is 0 Å². The van der Waals surface area contributed by atoms with Crippen LogP contribution in [-0.4, -0.2) is 40.8 Å². The highest BCUT2D eigenvalue weighted by atomic mass is 16.5. The summed E-state index contributed by atoms with van der Waals surface area (Å²) in [5.41, 5.74) is 3.26. The molecule has 4 heterocycles. The number of hydrogen-bond acceptors (Lipinski definition) is 6. The van der Waals surface area contributed by atoms with Crippen molar-refractivity contribution in [2.45, 2.75) is 31.9 Å². The zero-order valence-corrected chi connectivity index (χ0v) is 13.1. The van der Waals surface area contributed by atoms with Crippen LogP contribution in [0.3, 0.4) is 0 Å². The first-order chi connectivity index (χ1) is 11.4. The van der Waals surface area contributed by atoms with E-state index in [0.717, 1.165) is 68.4 Å². The van der Waals surface area contributed by atoms with Gasteiger partial charge in [0, 0.05) is 43.2 Å². The maximum atomic E-state index is 5.71. The summed E-state index contributed by atoms with van der Waals surface area (Å²) in [5, 5.41) is 6.89. The normalized spacial score (nSPS) is 20.3. The molecular weight excluding hydrogens is 290 g/mol. The summed E-state index contributed by atoms with van der Waals surface area (Å²) in [6.07, 6.45) is 7.10. The lowest BCUT2D eigenvalue weighted by Gasteiger charge is -2.21. The Hall–Kier alpha value is -2.05. The van der Waals surface area contributed by atoms with E-state index in [4.69, 9.17) is 14.7 Å². The van der Waals surface area contributed by atoms with E-state index in [1.54, 1.807) is 6.20 Å². The lowest BCUT2D eigenvalue weighted by molar-refractivity contribution is 0.120. The Balaban J connectivity index is 1.64. The van der Waals surface area contributed by atoms with Gasteiger partial charge in [0.25, 0.3) is 0 Å². The number of pyridine rings is 1. The van der Waals surface area contributed by atoms with Gasteiger partial charge in [0.05, 0.1) is 11.8 Å². The van der Waals surface area contributed by atoms with Crippen LogP contribution in [0.1, 0.15) is 24.1 Å². The quantitative estimate of drug-likeness (QED) is 0.897. The molecule has 4 rings (SSSR count). The third-order valence-electron chi connectivity index (χ3n) is 4.38. The van der Waals surface area contributed by atoms with E-state index in [0.29, 0.717) is 6.10 Å². The van der Waals surface area contributed by atoms with Gasteiger partial charge < -0.3 is 15.4 Å². The van der Waals surface area contributed by atoms with Crippen LogP contribution >= 0.6 is 0 Å². The van der Waals surface area contributed by atoms with E-state index in [9.17, 15) is 0 Å². The molecule has 1 atom stereocenters. The molecule has 0 aliphatic carbocycles. The lowest BCUT2D eigenvalue weighted by atomic mass is 10.1. The van der Waals surface area contributed by atoms with Gasteiger partial charge in [-0.3, -0.25) is 4.98 Å². The van der Waals surface area contributed by atoms with E-state index in [-0.39, 0.29) is 0 Å². The maximum absolute atomic E-state index is 5.71. The standard InChI is InChI=1S/C17H21N5O/c1-3-12(9-18-6-1)16-21-15-11-19-7-5-14(15)17(22-16)20-10-13-4-2-8-23-13/h1,3,6,9,13,19H,2,4-5,7-8,10-11H2,(H,20,21,22)/t13-/m0/s1. The van der Waals surface area contributed by atoms with Gasteiger partial charge in [0.15, 0.2) is 5.82 Å². The van der Waals surface area contributed by atoms with Crippen molar-refractivity contribution >= 4 is 5.82 Å².